The summed E-state index contributed by atoms with van der Waals surface area (Å²) in [7, 11) is 0. The van der Waals surface area contributed by atoms with Crippen LogP contribution in [0.15, 0.2) is 54.9 Å². The first-order valence-corrected chi connectivity index (χ1v) is 10.1. The van der Waals surface area contributed by atoms with Crippen molar-refractivity contribution < 1.29 is 4.79 Å². The topological polar surface area (TPSA) is 105 Å². The Morgan fingerprint density at radius 1 is 1.13 bits per heavy atom. The Morgan fingerprint density at radius 2 is 2.00 bits per heavy atom. The van der Waals surface area contributed by atoms with Crippen molar-refractivity contribution in [1.82, 2.24) is 35.3 Å². The Hall–Kier alpha value is -3.75. The Labute approximate surface area is 173 Å². The summed E-state index contributed by atoms with van der Waals surface area (Å²) in [5.41, 5.74) is 1.88. The van der Waals surface area contributed by atoms with Gasteiger partial charge in [-0.2, -0.15) is 5.10 Å². The molecular formula is C21H22N8O. The molecule has 152 valence electrons. The number of nitrogens with one attached hydrogen (secondary N) is 2. The molecule has 1 aliphatic heterocycles. The Bertz CT molecular complexity index is 1100. The zero-order valence-electron chi connectivity index (χ0n) is 16.4. The molecule has 1 atom stereocenters. The summed E-state index contributed by atoms with van der Waals surface area (Å²) in [5, 5.41) is 15.8. The number of carbonyl (C=O) groups excluding carboxylic acids is 1. The molecular weight excluding hydrogens is 380 g/mol. The molecule has 9 nitrogen and oxygen atoms in total. The normalized spacial score (nSPS) is 16.7. The number of rotatable bonds is 5. The number of imidazole rings is 1. The van der Waals surface area contributed by atoms with Gasteiger partial charge in [0.2, 0.25) is 5.91 Å². The second-order valence-electron chi connectivity index (χ2n) is 7.40. The molecule has 0 bridgehead atoms. The van der Waals surface area contributed by atoms with E-state index in [-0.39, 0.29) is 11.8 Å². The molecule has 1 saturated heterocycles. The summed E-state index contributed by atoms with van der Waals surface area (Å²) >= 11 is 0. The third kappa shape index (κ3) is 3.73. The Balaban J connectivity index is 1.20. The monoisotopic (exact) mass is 402 g/mol. The Morgan fingerprint density at radius 3 is 2.80 bits per heavy atom. The fraction of sp³-hybridized carbons (Fsp3) is 0.286. The van der Waals surface area contributed by atoms with Crippen molar-refractivity contribution in [2.24, 2.45) is 5.92 Å². The van der Waals surface area contributed by atoms with E-state index in [2.05, 4.69) is 35.5 Å². The average molecular weight is 402 g/mol. The van der Waals surface area contributed by atoms with E-state index in [1.54, 1.807) is 10.9 Å². The lowest BCUT2D eigenvalue weighted by Gasteiger charge is -2.32. The first kappa shape index (κ1) is 18.3. The van der Waals surface area contributed by atoms with Crippen LogP contribution >= 0.6 is 0 Å². The van der Waals surface area contributed by atoms with Crippen molar-refractivity contribution in [3.8, 4) is 5.82 Å². The number of nitrogens with zero attached hydrogens (tertiary/aromatic N) is 6. The van der Waals surface area contributed by atoms with Gasteiger partial charge in [0.05, 0.1) is 23.5 Å². The van der Waals surface area contributed by atoms with Gasteiger partial charge in [0, 0.05) is 25.5 Å². The number of aromatic amines is 1. The third-order valence-electron chi connectivity index (χ3n) is 5.36. The highest BCUT2D eigenvalue weighted by atomic mass is 16.1. The van der Waals surface area contributed by atoms with Gasteiger partial charge in [0.1, 0.15) is 5.82 Å². The molecule has 0 radical (unpaired) electrons. The minimum atomic E-state index is -0.0873. The number of benzene rings is 1. The summed E-state index contributed by atoms with van der Waals surface area (Å²) in [6.45, 7) is 1.88. The minimum absolute atomic E-state index is 0.0428. The number of aromatic nitrogens is 6. The third-order valence-corrected chi connectivity index (χ3v) is 5.36. The van der Waals surface area contributed by atoms with E-state index in [4.69, 9.17) is 0 Å². The molecule has 4 heterocycles. The number of amides is 1. The van der Waals surface area contributed by atoms with Gasteiger partial charge in [-0.3, -0.25) is 4.79 Å². The largest absolute Gasteiger partial charge is 0.354 e. The first-order chi connectivity index (χ1) is 14.8. The number of H-pyrrole nitrogens is 1. The van der Waals surface area contributed by atoms with Gasteiger partial charge >= 0.3 is 0 Å². The maximum absolute atomic E-state index is 12.7. The lowest BCUT2D eigenvalue weighted by Crippen LogP contribution is -2.43. The Kier molecular flexibility index (Phi) is 4.84. The van der Waals surface area contributed by atoms with Crippen LogP contribution in [0, 0.1) is 5.92 Å². The summed E-state index contributed by atoms with van der Waals surface area (Å²) < 4.78 is 1.67. The van der Waals surface area contributed by atoms with Crippen LogP contribution in [-0.2, 0) is 11.3 Å². The minimum Gasteiger partial charge on any atom is -0.354 e. The fourth-order valence-corrected chi connectivity index (χ4v) is 3.82. The molecule has 9 heteroatoms. The van der Waals surface area contributed by atoms with Gasteiger partial charge in [-0.1, -0.05) is 12.1 Å². The molecule has 1 fully saturated rings. The number of piperidine rings is 1. The lowest BCUT2D eigenvalue weighted by molar-refractivity contribution is -0.125. The highest BCUT2D eigenvalue weighted by molar-refractivity contribution is 5.80. The molecule has 4 aromatic rings. The van der Waals surface area contributed by atoms with Crippen molar-refractivity contribution in [3.63, 3.8) is 0 Å². The molecule has 3 aromatic heterocycles. The van der Waals surface area contributed by atoms with Gasteiger partial charge in [0.15, 0.2) is 11.6 Å². The van der Waals surface area contributed by atoms with Crippen molar-refractivity contribution >= 4 is 22.8 Å². The molecule has 0 saturated carbocycles. The number of para-hydroxylation sites is 2. The number of hydrogen-bond donors (Lipinski definition) is 2. The van der Waals surface area contributed by atoms with Crippen LogP contribution in [0.5, 0.6) is 0 Å². The summed E-state index contributed by atoms with van der Waals surface area (Å²) in [6, 6.07) is 13.5. The average Bonchev–Trinajstić information content (AvgIpc) is 3.47. The molecule has 0 spiro atoms. The number of anilines is 1. The predicted molar refractivity (Wildman–Crippen MR) is 112 cm³/mol. The molecule has 0 aliphatic carbocycles. The summed E-state index contributed by atoms with van der Waals surface area (Å²) in [6.07, 6.45) is 5.33. The van der Waals surface area contributed by atoms with Gasteiger partial charge in [0.25, 0.3) is 0 Å². The summed E-state index contributed by atoms with van der Waals surface area (Å²) in [5.74, 6) is 2.16. The molecule has 1 aliphatic rings. The summed E-state index contributed by atoms with van der Waals surface area (Å²) in [4.78, 5) is 22.6. The van der Waals surface area contributed by atoms with E-state index in [0.29, 0.717) is 18.9 Å². The van der Waals surface area contributed by atoms with Crippen molar-refractivity contribution in [1.29, 1.82) is 0 Å². The van der Waals surface area contributed by atoms with Gasteiger partial charge < -0.3 is 15.2 Å². The zero-order chi connectivity index (χ0) is 20.3. The first-order valence-electron chi connectivity index (χ1n) is 10.1. The van der Waals surface area contributed by atoms with Crippen LogP contribution in [-0.4, -0.2) is 48.9 Å². The van der Waals surface area contributed by atoms with Crippen molar-refractivity contribution in [3.05, 3.63) is 60.7 Å². The predicted octanol–water partition coefficient (Wildman–Crippen LogP) is 2.07. The second-order valence-corrected chi connectivity index (χ2v) is 7.40. The van der Waals surface area contributed by atoms with E-state index in [1.807, 2.05) is 48.7 Å². The molecule has 1 unspecified atom stereocenters. The number of carbonyl (C=O) groups is 1. The molecule has 1 aromatic carbocycles. The van der Waals surface area contributed by atoms with E-state index < -0.39 is 0 Å². The van der Waals surface area contributed by atoms with Crippen LogP contribution in [0.25, 0.3) is 16.9 Å². The molecule has 5 rings (SSSR count). The van der Waals surface area contributed by atoms with E-state index in [9.17, 15) is 4.79 Å². The molecule has 1 amide bonds. The highest BCUT2D eigenvalue weighted by Gasteiger charge is 2.26. The smallest absolute Gasteiger partial charge is 0.225 e. The van der Waals surface area contributed by atoms with Crippen LogP contribution in [0.2, 0.25) is 0 Å². The fourth-order valence-electron chi connectivity index (χ4n) is 3.82. The number of hydrogen-bond acceptors (Lipinski definition) is 6. The van der Waals surface area contributed by atoms with E-state index in [1.165, 1.54) is 0 Å². The number of fused-ring (bicyclic) bond motifs is 1. The maximum atomic E-state index is 12.7. The van der Waals surface area contributed by atoms with Crippen LogP contribution < -0.4 is 10.2 Å². The standard InChI is InChI=1S/C21H22N8O/c30-21(22-13-18-24-16-6-1-2-7-17(16)25-18)15-5-3-11-28(14-15)19-8-9-20(27-26-19)29-12-4-10-23-29/h1-2,4,6-10,12,15H,3,5,11,13-14H2,(H,22,30)(H,24,25). The van der Waals surface area contributed by atoms with Gasteiger partial charge in [-0.05, 0) is 43.2 Å². The van der Waals surface area contributed by atoms with Gasteiger partial charge in [-0.15, -0.1) is 10.2 Å². The second kappa shape index (κ2) is 7.94. The van der Waals surface area contributed by atoms with Crippen LogP contribution in [0.4, 0.5) is 5.82 Å². The van der Waals surface area contributed by atoms with Crippen molar-refractivity contribution in [2.75, 3.05) is 18.0 Å². The quantitative estimate of drug-likeness (QED) is 0.530. The van der Waals surface area contributed by atoms with E-state index in [0.717, 1.165) is 42.1 Å². The maximum Gasteiger partial charge on any atom is 0.225 e. The van der Waals surface area contributed by atoms with Gasteiger partial charge in [-0.25, -0.2) is 9.67 Å². The van der Waals surface area contributed by atoms with Crippen LogP contribution in [0.1, 0.15) is 18.7 Å². The molecule has 30 heavy (non-hydrogen) atoms. The SMILES string of the molecule is O=C(NCc1nc2ccccc2[nH]1)C1CCCN(c2ccc(-n3cccn3)nn2)C1. The van der Waals surface area contributed by atoms with Crippen LogP contribution in [0.3, 0.4) is 0 Å². The van der Waals surface area contributed by atoms with Crippen molar-refractivity contribution in [2.45, 2.75) is 19.4 Å². The van der Waals surface area contributed by atoms with E-state index >= 15 is 0 Å². The zero-order valence-corrected chi connectivity index (χ0v) is 16.4. The highest BCUT2D eigenvalue weighted by Crippen LogP contribution is 2.22. The molecule has 2 N–H and O–H groups in total. The lowest BCUT2D eigenvalue weighted by atomic mass is 9.97.